The van der Waals surface area contributed by atoms with Crippen molar-refractivity contribution in [1.82, 2.24) is 0 Å². The van der Waals surface area contributed by atoms with Crippen LogP contribution in [-0.2, 0) is 4.74 Å². The van der Waals surface area contributed by atoms with Crippen molar-refractivity contribution >= 4 is 44.8 Å². The monoisotopic (exact) mass is 893 g/mol. The normalized spacial score (nSPS) is 12.6. The zero-order valence-electron chi connectivity index (χ0n) is 41.2. The second-order valence-corrected chi connectivity index (χ2v) is 19.2. The molecule has 64 heavy (non-hydrogen) atoms. The van der Waals surface area contributed by atoms with E-state index < -0.39 is 0 Å². The van der Waals surface area contributed by atoms with Crippen molar-refractivity contribution in [2.45, 2.75) is 189 Å². The lowest BCUT2D eigenvalue weighted by atomic mass is 10.0. The maximum atomic E-state index is 11.3. The van der Waals surface area contributed by atoms with Crippen molar-refractivity contribution in [2.24, 2.45) is 0 Å². The third kappa shape index (κ3) is 19.8. The molecule has 3 aromatic carbocycles. The first-order chi connectivity index (χ1) is 31.5. The number of fused-ring (bicyclic) bond motifs is 1. The zero-order valence-corrected chi connectivity index (χ0v) is 42.1. The van der Waals surface area contributed by atoms with Gasteiger partial charge in [0, 0.05) is 66.4 Å². The van der Waals surface area contributed by atoms with Crippen LogP contribution in [0.3, 0.4) is 0 Å². The molecule has 0 N–H and O–H groups in total. The molecule has 354 valence electrons. The van der Waals surface area contributed by atoms with Gasteiger partial charge in [0.1, 0.15) is 11.3 Å². The Labute approximate surface area is 395 Å². The third-order valence-electron chi connectivity index (χ3n) is 12.9. The Bertz CT molecular complexity index is 1860. The van der Waals surface area contributed by atoms with E-state index >= 15 is 0 Å². The molecular formula is C58H88N2O3S. The first-order valence-corrected chi connectivity index (χ1v) is 27.2. The second-order valence-electron chi connectivity index (χ2n) is 18.1. The summed E-state index contributed by atoms with van der Waals surface area (Å²) < 4.78 is 11.5. The number of ether oxygens (including phenoxy) is 1. The molecule has 0 spiro atoms. The summed E-state index contributed by atoms with van der Waals surface area (Å²) in [4.78, 5) is 17.5. The Morgan fingerprint density at radius 1 is 0.516 bits per heavy atom. The average molecular weight is 893 g/mol. The molecule has 0 saturated carbocycles. The van der Waals surface area contributed by atoms with Gasteiger partial charge in [-0.25, -0.2) is 4.79 Å². The minimum atomic E-state index is -0.285. The summed E-state index contributed by atoms with van der Waals surface area (Å²) in [5.41, 5.74) is 6.29. The number of aryl methyl sites for hydroxylation is 1. The highest BCUT2D eigenvalue weighted by Crippen LogP contribution is 2.40. The van der Waals surface area contributed by atoms with E-state index in [0.717, 1.165) is 47.8 Å². The van der Waals surface area contributed by atoms with Crippen molar-refractivity contribution in [3.63, 3.8) is 0 Å². The van der Waals surface area contributed by atoms with Crippen LogP contribution in [-0.4, -0.2) is 38.5 Å². The zero-order chi connectivity index (χ0) is 45.5. The fraction of sp³-hybridized carbons (Fsp3) is 0.603. The molecule has 0 saturated heterocycles. The Balaban J connectivity index is 0.000000438. The number of hydrogen-bond acceptors (Lipinski definition) is 6. The number of unbranched alkanes of at least 4 members (excludes halogenated alkanes) is 22. The van der Waals surface area contributed by atoms with Gasteiger partial charge in [-0.05, 0) is 69.0 Å². The Morgan fingerprint density at radius 2 is 1.00 bits per heavy atom. The predicted octanol–water partition coefficient (Wildman–Crippen LogP) is 17.4. The van der Waals surface area contributed by atoms with Gasteiger partial charge in [0.25, 0.3) is 0 Å². The molecule has 4 aromatic rings. The summed E-state index contributed by atoms with van der Waals surface area (Å²) in [5, 5.41) is 1.00. The fourth-order valence-corrected chi connectivity index (χ4v) is 10.00. The first-order valence-electron chi connectivity index (χ1n) is 26.2. The molecule has 5 nitrogen and oxygen atoms in total. The van der Waals surface area contributed by atoms with Crippen LogP contribution in [0.1, 0.15) is 198 Å². The maximum Gasteiger partial charge on any atom is 0.336 e. The van der Waals surface area contributed by atoms with Gasteiger partial charge < -0.3 is 19.0 Å². The molecule has 2 heterocycles. The van der Waals surface area contributed by atoms with Crippen LogP contribution < -0.4 is 15.4 Å². The molecule has 0 aliphatic carbocycles. The smallest absolute Gasteiger partial charge is 0.336 e. The van der Waals surface area contributed by atoms with E-state index in [-0.39, 0.29) is 5.63 Å². The Hall–Kier alpha value is -3.64. The number of anilines is 2. The number of thioether (sulfide) groups is 1. The van der Waals surface area contributed by atoms with Gasteiger partial charge in [-0.15, -0.1) is 11.8 Å². The molecule has 0 bridgehead atoms. The molecule has 0 atom stereocenters. The van der Waals surface area contributed by atoms with Crippen LogP contribution in [0, 0.1) is 6.92 Å². The fourth-order valence-electron chi connectivity index (χ4n) is 9.02. The third-order valence-corrected chi connectivity index (χ3v) is 14.0. The second kappa shape index (κ2) is 32.9. The van der Waals surface area contributed by atoms with Gasteiger partial charge in [0.2, 0.25) is 0 Å². The van der Waals surface area contributed by atoms with Crippen molar-refractivity contribution in [2.75, 3.05) is 48.3 Å². The van der Waals surface area contributed by atoms with Gasteiger partial charge in [-0.2, -0.15) is 0 Å². The van der Waals surface area contributed by atoms with Gasteiger partial charge in [0.15, 0.2) is 0 Å². The molecule has 1 aromatic heterocycles. The van der Waals surface area contributed by atoms with Crippen LogP contribution in [0.25, 0.3) is 21.6 Å². The highest BCUT2D eigenvalue weighted by atomic mass is 32.2. The Kier molecular flexibility index (Phi) is 27.3. The largest absolute Gasteiger partial charge is 0.491 e. The lowest BCUT2D eigenvalue weighted by Gasteiger charge is -2.26. The predicted molar refractivity (Wildman–Crippen MR) is 283 cm³/mol. The van der Waals surface area contributed by atoms with E-state index in [1.54, 1.807) is 0 Å². The minimum absolute atomic E-state index is 0.285. The van der Waals surface area contributed by atoms with Gasteiger partial charge >= 0.3 is 5.63 Å². The Morgan fingerprint density at radius 3 is 1.50 bits per heavy atom. The number of rotatable bonds is 32. The summed E-state index contributed by atoms with van der Waals surface area (Å²) in [5.74, 6) is 2.05. The summed E-state index contributed by atoms with van der Waals surface area (Å²) >= 11 is 1.94. The molecular weight excluding hydrogens is 805 g/mol. The van der Waals surface area contributed by atoms with E-state index in [9.17, 15) is 4.79 Å². The standard InChI is InChI=1S/C44H71NOS.C14H17NO2/c1-3-5-7-9-11-13-15-17-19-21-23-28-36-45(37-29-24-22-20-18-16-14-12-10-8-6-4-2)42-34-32-41(33-35-42)44-43(46-38-39-47-44)40-30-26-25-27-31-40;1-4-15(5-2)11-6-7-12-10(3)8-14(16)17-13(12)9-11/h25-27,30-35H,3-24,28-29,36-39H2,1-2H3;6-9H,4-5H2,1-3H3. The molecule has 6 heteroatoms. The topological polar surface area (TPSA) is 45.9 Å². The molecule has 5 rings (SSSR count). The summed E-state index contributed by atoms with van der Waals surface area (Å²) in [6.07, 6.45) is 33.8. The quantitative estimate of drug-likeness (QED) is 0.0360. The van der Waals surface area contributed by atoms with Crippen LogP contribution in [0.15, 0.2) is 88.1 Å². The molecule has 0 unspecified atom stereocenters. The van der Waals surface area contributed by atoms with Crippen LogP contribution in [0.4, 0.5) is 11.4 Å². The average Bonchev–Trinajstić information content (AvgIpc) is 3.32. The molecule has 0 amide bonds. The summed E-state index contributed by atoms with van der Waals surface area (Å²) in [6, 6.07) is 27.6. The first kappa shape index (κ1) is 53.0. The van der Waals surface area contributed by atoms with Crippen molar-refractivity contribution in [3.8, 4) is 0 Å². The van der Waals surface area contributed by atoms with E-state index in [2.05, 4.69) is 98.2 Å². The number of benzene rings is 3. The van der Waals surface area contributed by atoms with E-state index in [1.165, 1.54) is 195 Å². The van der Waals surface area contributed by atoms with Crippen LogP contribution >= 0.6 is 11.8 Å². The van der Waals surface area contributed by atoms with E-state index in [4.69, 9.17) is 9.15 Å². The SMILES string of the molecule is CCCCCCCCCCCCCCN(CCCCCCCCCCCCCC)c1ccc(C2=C(c3ccccc3)OCCS2)cc1.CCN(CC)c1ccc2c(C)cc(=O)oc2c1. The van der Waals surface area contributed by atoms with Crippen molar-refractivity contribution in [1.29, 1.82) is 0 Å². The van der Waals surface area contributed by atoms with Crippen molar-refractivity contribution in [3.05, 3.63) is 106 Å². The molecule has 1 aliphatic heterocycles. The highest BCUT2D eigenvalue weighted by molar-refractivity contribution is 8.08. The van der Waals surface area contributed by atoms with Gasteiger partial charge in [0.05, 0.1) is 11.5 Å². The number of hydrogen-bond donors (Lipinski definition) is 0. The van der Waals surface area contributed by atoms with E-state index in [0.29, 0.717) is 5.58 Å². The van der Waals surface area contributed by atoms with Crippen molar-refractivity contribution < 1.29 is 9.15 Å². The highest BCUT2D eigenvalue weighted by Gasteiger charge is 2.19. The molecule has 0 fully saturated rings. The summed E-state index contributed by atoms with van der Waals surface area (Å²) in [7, 11) is 0. The minimum Gasteiger partial charge on any atom is -0.491 e. The van der Waals surface area contributed by atoms with Gasteiger partial charge in [-0.1, -0.05) is 198 Å². The summed E-state index contributed by atoms with van der Waals surface area (Å²) in [6.45, 7) is 15.8. The lowest BCUT2D eigenvalue weighted by molar-refractivity contribution is 0.301. The lowest BCUT2D eigenvalue weighted by Crippen LogP contribution is -2.25. The molecule has 1 aliphatic rings. The van der Waals surface area contributed by atoms with Crippen LogP contribution in [0.2, 0.25) is 0 Å². The maximum absolute atomic E-state index is 11.3. The molecule has 0 radical (unpaired) electrons. The van der Waals surface area contributed by atoms with Gasteiger partial charge in [-0.3, -0.25) is 0 Å². The van der Waals surface area contributed by atoms with E-state index in [1.807, 2.05) is 30.8 Å². The van der Waals surface area contributed by atoms with Crippen LogP contribution in [0.5, 0.6) is 0 Å². The number of nitrogens with zero attached hydrogens (tertiary/aromatic N) is 2.